The van der Waals surface area contributed by atoms with Crippen LogP contribution in [0.15, 0.2) is 30.3 Å². The Morgan fingerprint density at radius 2 is 2.10 bits per heavy atom. The molecular formula is C13H9FN2O5. The van der Waals surface area contributed by atoms with E-state index in [1.165, 1.54) is 12.1 Å². The number of aromatic nitrogens is 1. The lowest BCUT2D eigenvalue weighted by molar-refractivity contribution is -0.385. The van der Waals surface area contributed by atoms with Crippen molar-refractivity contribution in [3.8, 4) is 11.6 Å². The number of nitrogens with zero attached hydrogens (tertiary/aromatic N) is 2. The van der Waals surface area contributed by atoms with E-state index in [2.05, 4.69) is 4.98 Å². The largest absolute Gasteiger partial charge is 0.477 e. The van der Waals surface area contributed by atoms with Crippen molar-refractivity contribution >= 4 is 11.7 Å². The maximum absolute atomic E-state index is 13.2. The number of hydrogen-bond donors (Lipinski definition) is 1. The van der Waals surface area contributed by atoms with Crippen LogP contribution in [-0.2, 0) is 0 Å². The first-order valence-corrected chi connectivity index (χ1v) is 5.71. The van der Waals surface area contributed by atoms with Crippen LogP contribution in [0.2, 0.25) is 0 Å². The summed E-state index contributed by atoms with van der Waals surface area (Å²) in [5, 5.41) is 19.9. The fraction of sp³-hybridized carbons (Fsp3) is 0.0769. The quantitative estimate of drug-likeness (QED) is 0.686. The average Bonchev–Trinajstić information content (AvgIpc) is 2.38. The van der Waals surface area contributed by atoms with Gasteiger partial charge in [0.1, 0.15) is 11.4 Å². The molecule has 1 N–H and O–H groups in total. The molecule has 2 aromatic rings. The Morgan fingerprint density at radius 3 is 2.71 bits per heavy atom. The van der Waals surface area contributed by atoms with Crippen molar-refractivity contribution in [3.63, 3.8) is 0 Å². The van der Waals surface area contributed by atoms with E-state index in [0.29, 0.717) is 5.69 Å². The van der Waals surface area contributed by atoms with Crippen molar-refractivity contribution in [2.24, 2.45) is 0 Å². The van der Waals surface area contributed by atoms with E-state index < -0.39 is 28.1 Å². The molecule has 8 heteroatoms. The van der Waals surface area contributed by atoms with Crippen LogP contribution in [0, 0.1) is 22.9 Å². The third-order valence-corrected chi connectivity index (χ3v) is 2.56. The van der Waals surface area contributed by atoms with Gasteiger partial charge in [0.15, 0.2) is 0 Å². The monoisotopic (exact) mass is 292 g/mol. The Labute approximate surface area is 117 Å². The zero-order valence-corrected chi connectivity index (χ0v) is 10.7. The zero-order chi connectivity index (χ0) is 15.6. The summed E-state index contributed by atoms with van der Waals surface area (Å²) in [6.07, 6.45) is 0. The average molecular weight is 292 g/mol. The van der Waals surface area contributed by atoms with E-state index in [1.54, 1.807) is 6.92 Å². The Bertz CT molecular complexity index is 671. The van der Waals surface area contributed by atoms with Gasteiger partial charge in [-0.3, -0.25) is 10.1 Å². The summed E-state index contributed by atoms with van der Waals surface area (Å²) >= 11 is 0. The van der Waals surface area contributed by atoms with Crippen LogP contribution < -0.4 is 4.74 Å². The Balaban J connectivity index is 2.52. The van der Waals surface area contributed by atoms with Crippen molar-refractivity contribution < 1.29 is 24.0 Å². The van der Waals surface area contributed by atoms with Crippen molar-refractivity contribution in [1.29, 1.82) is 0 Å². The van der Waals surface area contributed by atoms with Gasteiger partial charge < -0.3 is 9.84 Å². The number of aromatic carboxylic acids is 1. The maximum atomic E-state index is 13.2. The van der Waals surface area contributed by atoms with Crippen LogP contribution in [0.1, 0.15) is 16.1 Å². The molecule has 0 radical (unpaired) electrons. The zero-order valence-electron chi connectivity index (χ0n) is 10.7. The number of aryl methyl sites for hydroxylation is 1. The number of carboxylic acid groups (broad SMARTS) is 1. The molecular weight excluding hydrogens is 283 g/mol. The molecule has 1 aromatic heterocycles. The third kappa shape index (κ3) is 3.11. The molecule has 1 aromatic carbocycles. The number of ether oxygens (including phenoxy) is 1. The molecule has 0 atom stereocenters. The molecule has 7 nitrogen and oxygen atoms in total. The smallest absolute Gasteiger partial charge is 0.341 e. The van der Waals surface area contributed by atoms with Gasteiger partial charge in [0.05, 0.1) is 4.92 Å². The predicted octanol–water partition coefficient (Wildman–Crippen LogP) is 2.93. The van der Waals surface area contributed by atoms with Gasteiger partial charge in [-0.05, 0) is 25.1 Å². The molecule has 108 valence electrons. The summed E-state index contributed by atoms with van der Waals surface area (Å²) in [5.74, 6) is -2.81. The van der Waals surface area contributed by atoms with E-state index in [9.17, 15) is 19.3 Å². The van der Waals surface area contributed by atoms with Gasteiger partial charge in [-0.2, -0.15) is 0 Å². The van der Waals surface area contributed by atoms with Crippen LogP contribution in [0.4, 0.5) is 10.1 Å². The molecule has 0 saturated heterocycles. The van der Waals surface area contributed by atoms with Crippen LogP contribution >= 0.6 is 0 Å². The lowest BCUT2D eigenvalue weighted by atomic mass is 10.2. The fourth-order valence-electron chi connectivity index (χ4n) is 1.60. The molecule has 0 bridgehead atoms. The molecule has 2 rings (SSSR count). The number of pyridine rings is 1. The highest BCUT2D eigenvalue weighted by Crippen LogP contribution is 2.32. The van der Waals surface area contributed by atoms with Gasteiger partial charge in [0, 0.05) is 17.8 Å². The Morgan fingerprint density at radius 1 is 1.38 bits per heavy atom. The number of carboxylic acids is 1. The SMILES string of the molecule is Cc1ccc(C(=O)O)c(Oc2cc(F)ccc2[N+](=O)[O-])n1. The normalized spacial score (nSPS) is 10.2. The van der Waals surface area contributed by atoms with Gasteiger partial charge in [-0.1, -0.05) is 0 Å². The van der Waals surface area contributed by atoms with Crippen LogP contribution in [-0.4, -0.2) is 21.0 Å². The van der Waals surface area contributed by atoms with Crippen molar-refractivity contribution in [2.45, 2.75) is 6.92 Å². The fourth-order valence-corrected chi connectivity index (χ4v) is 1.60. The molecule has 21 heavy (non-hydrogen) atoms. The molecule has 0 aliphatic carbocycles. The highest BCUT2D eigenvalue weighted by atomic mass is 19.1. The highest BCUT2D eigenvalue weighted by Gasteiger charge is 2.20. The minimum absolute atomic E-state index is 0.279. The van der Waals surface area contributed by atoms with E-state index in [0.717, 1.165) is 18.2 Å². The van der Waals surface area contributed by atoms with Crippen molar-refractivity contribution in [1.82, 2.24) is 4.98 Å². The molecule has 0 amide bonds. The summed E-state index contributed by atoms with van der Waals surface area (Å²) in [7, 11) is 0. The second kappa shape index (κ2) is 5.53. The number of benzene rings is 1. The summed E-state index contributed by atoms with van der Waals surface area (Å²) in [5.41, 5.74) is -0.315. The minimum Gasteiger partial charge on any atom is -0.477 e. The first-order chi connectivity index (χ1) is 9.88. The van der Waals surface area contributed by atoms with Crippen molar-refractivity contribution in [2.75, 3.05) is 0 Å². The van der Waals surface area contributed by atoms with E-state index in [1.807, 2.05) is 0 Å². The van der Waals surface area contributed by atoms with Crippen molar-refractivity contribution in [3.05, 3.63) is 57.5 Å². The molecule has 0 aliphatic heterocycles. The van der Waals surface area contributed by atoms with Crippen LogP contribution in [0.25, 0.3) is 0 Å². The number of nitro groups is 1. The molecule has 0 saturated carbocycles. The molecule has 0 spiro atoms. The first-order valence-electron chi connectivity index (χ1n) is 5.71. The third-order valence-electron chi connectivity index (χ3n) is 2.56. The number of rotatable bonds is 4. The number of hydrogen-bond acceptors (Lipinski definition) is 5. The summed E-state index contributed by atoms with van der Waals surface area (Å²) < 4.78 is 18.4. The van der Waals surface area contributed by atoms with Gasteiger partial charge >= 0.3 is 11.7 Å². The van der Waals surface area contributed by atoms with E-state index in [-0.39, 0.29) is 11.4 Å². The van der Waals surface area contributed by atoms with Gasteiger partial charge in [0.2, 0.25) is 11.6 Å². The summed E-state index contributed by atoms with van der Waals surface area (Å²) in [4.78, 5) is 25.1. The lowest BCUT2D eigenvalue weighted by Crippen LogP contribution is -2.04. The van der Waals surface area contributed by atoms with E-state index in [4.69, 9.17) is 9.84 Å². The lowest BCUT2D eigenvalue weighted by Gasteiger charge is -2.08. The van der Waals surface area contributed by atoms with Crippen LogP contribution in [0.3, 0.4) is 0 Å². The molecule has 0 fully saturated rings. The Kier molecular flexibility index (Phi) is 3.79. The van der Waals surface area contributed by atoms with E-state index >= 15 is 0 Å². The topological polar surface area (TPSA) is 103 Å². The highest BCUT2D eigenvalue weighted by molar-refractivity contribution is 5.90. The molecule has 0 unspecified atom stereocenters. The first kappa shape index (κ1) is 14.4. The Hall–Kier alpha value is -3.03. The number of nitro benzene ring substituents is 1. The van der Waals surface area contributed by atoms with Crippen LogP contribution in [0.5, 0.6) is 11.6 Å². The van der Waals surface area contributed by atoms with Gasteiger partial charge in [-0.25, -0.2) is 14.2 Å². The second-order valence-electron chi connectivity index (χ2n) is 4.08. The van der Waals surface area contributed by atoms with Gasteiger partial charge in [-0.15, -0.1) is 0 Å². The summed E-state index contributed by atoms with van der Waals surface area (Å²) in [6, 6.07) is 5.35. The standard InChI is InChI=1S/C13H9FN2O5/c1-7-2-4-9(13(17)18)12(15-7)21-11-6-8(14)3-5-10(11)16(19)20/h2-6H,1H3,(H,17,18). The molecule has 1 heterocycles. The van der Waals surface area contributed by atoms with Gasteiger partial charge in [0.25, 0.3) is 0 Å². The maximum Gasteiger partial charge on any atom is 0.341 e. The second-order valence-corrected chi connectivity index (χ2v) is 4.08. The number of halogens is 1. The summed E-state index contributed by atoms with van der Waals surface area (Å²) in [6.45, 7) is 1.60. The minimum atomic E-state index is -1.31. The predicted molar refractivity (Wildman–Crippen MR) is 69.1 cm³/mol. The number of carbonyl (C=O) groups is 1. The molecule has 0 aliphatic rings.